The van der Waals surface area contributed by atoms with E-state index in [-0.39, 0.29) is 12.5 Å². The van der Waals surface area contributed by atoms with Crippen molar-refractivity contribution in [2.45, 2.75) is 12.7 Å². The molecule has 0 fully saturated rings. The zero-order valence-electron chi connectivity index (χ0n) is 23.4. The summed E-state index contributed by atoms with van der Waals surface area (Å²) in [5.41, 5.74) is 4.52. The maximum absolute atomic E-state index is 13.2. The van der Waals surface area contributed by atoms with Crippen molar-refractivity contribution in [2.24, 2.45) is 0 Å². The molecule has 0 aliphatic heterocycles. The molecular weight excluding hydrogens is 610 g/mol. The van der Waals surface area contributed by atoms with Crippen molar-refractivity contribution < 1.29 is 22.7 Å². The van der Waals surface area contributed by atoms with Crippen molar-refractivity contribution in [1.29, 1.82) is 0 Å². The highest BCUT2D eigenvalue weighted by atomic mass is 35.5. The number of methoxy groups -OCH3 is 1. The smallest absolute Gasteiger partial charge is 0.416 e. The Morgan fingerprint density at radius 2 is 1.68 bits per heavy atom. The minimum atomic E-state index is -4.40. The fourth-order valence-electron chi connectivity index (χ4n) is 4.52. The highest BCUT2D eigenvalue weighted by molar-refractivity contribution is 6.36. The van der Waals surface area contributed by atoms with Gasteiger partial charge in [-0.2, -0.15) is 13.2 Å². The molecule has 0 radical (unpaired) electrons. The van der Waals surface area contributed by atoms with Crippen molar-refractivity contribution >= 4 is 47.0 Å². The summed E-state index contributed by atoms with van der Waals surface area (Å²) in [5, 5.41) is 4.01. The molecule has 0 atom stereocenters. The second kappa shape index (κ2) is 13.4. The molecule has 4 aromatic carbocycles. The normalized spacial score (nSPS) is 11.6. The predicted molar refractivity (Wildman–Crippen MR) is 170 cm³/mol. The van der Waals surface area contributed by atoms with Crippen LogP contribution in [-0.2, 0) is 22.3 Å². The van der Waals surface area contributed by atoms with Gasteiger partial charge in [-0.05, 0) is 70.8 Å². The van der Waals surface area contributed by atoms with Gasteiger partial charge in [0.1, 0.15) is 12.4 Å². The van der Waals surface area contributed by atoms with E-state index >= 15 is 0 Å². The number of anilines is 1. The van der Waals surface area contributed by atoms with Crippen LogP contribution in [0.3, 0.4) is 0 Å². The van der Waals surface area contributed by atoms with Gasteiger partial charge in [0.05, 0.1) is 23.4 Å². The Balaban J connectivity index is 1.40. The molecular formula is C34H26Cl2F3N3O2. The topological polar surface area (TPSA) is 56.1 Å². The number of hydrogen-bond acceptors (Lipinski definition) is 4. The SMILES string of the molecule is COC(=O)CNc1ccc(Cn2cc(-c3ccc(Cl)cc3Cl)nc2C=Cc2ccc(-c3cccc(C(F)(F)F)c3)cc2)cc1. The van der Waals surface area contributed by atoms with Crippen molar-refractivity contribution in [3.63, 3.8) is 0 Å². The summed E-state index contributed by atoms with van der Waals surface area (Å²) in [6.45, 7) is 0.572. The van der Waals surface area contributed by atoms with E-state index in [2.05, 4.69) is 10.1 Å². The van der Waals surface area contributed by atoms with E-state index in [1.54, 1.807) is 30.3 Å². The Kier molecular flexibility index (Phi) is 9.42. The van der Waals surface area contributed by atoms with Gasteiger partial charge in [0.15, 0.2) is 0 Å². The molecule has 0 saturated carbocycles. The predicted octanol–water partition coefficient (Wildman–Crippen LogP) is 9.35. The molecule has 44 heavy (non-hydrogen) atoms. The van der Waals surface area contributed by atoms with Crippen LogP contribution in [0.4, 0.5) is 18.9 Å². The zero-order chi connectivity index (χ0) is 31.3. The van der Waals surface area contributed by atoms with Crippen molar-refractivity contribution in [3.8, 4) is 22.4 Å². The average molecular weight is 637 g/mol. The van der Waals surface area contributed by atoms with Crippen LogP contribution in [-0.4, -0.2) is 29.2 Å². The van der Waals surface area contributed by atoms with Crippen LogP contribution in [0, 0.1) is 0 Å². The van der Waals surface area contributed by atoms with Gasteiger partial charge >= 0.3 is 12.1 Å². The van der Waals surface area contributed by atoms with Gasteiger partial charge in [-0.15, -0.1) is 0 Å². The fourth-order valence-corrected chi connectivity index (χ4v) is 5.03. The van der Waals surface area contributed by atoms with Crippen LogP contribution >= 0.6 is 23.2 Å². The van der Waals surface area contributed by atoms with Crippen LogP contribution in [0.5, 0.6) is 0 Å². The van der Waals surface area contributed by atoms with Crippen LogP contribution in [0.25, 0.3) is 34.5 Å². The number of alkyl halides is 3. The van der Waals surface area contributed by atoms with Gasteiger partial charge in [0.25, 0.3) is 0 Å². The Labute approximate surface area is 262 Å². The summed E-state index contributed by atoms with van der Waals surface area (Å²) in [6.07, 6.45) is 1.27. The Hall–Kier alpha value is -4.53. The number of carbonyl (C=O) groups is 1. The molecule has 1 aromatic heterocycles. The summed E-state index contributed by atoms with van der Waals surface area (Å²) in [4.78, 5) is 16.3. The average Bonchev–Trinajstić information content (AvgIpc) is 3.41. The van der Waals surface area contributed by atoms with E-state index in [9.17, 15) is 18.0 Å². The van der Waals surface area contributed by atoms with Gasteiger partial charge in [-0.25, -0.2) is 4.98 Å². The lowest BCUT2D eigenvalue weighted by molar-refractivity contribution is -0.139. The Bertz CT molecular complexity index is 1800. The molecule has 10 heteroatoms. The molecule has 5 nitrogen and oxygen atoms in total. The standard InChI is InChI=1S/C34H26Cl2F3N3O2/c1-44-33(43)19-40-28-13-7-23(8-14-28)20-42-21-31(29-15-12-27(35)18-30(29)36)41-32(42)16-9-22-5-10-24(11-6-22)25-3-2-4-26(17-25)34(37,38)39/h2-18,21,40H,19-20H2,1H3. The fraction of sp³-hybridized carbons (Fsp3) is 0.118. The molecule has 0 unspecified atom stereocenters. The highest BCUT2D eigenvalue weighted by Crippen LogP contribution is 2.33. The van der Waals surface area contributed by atoms with E-state index in [0.29, 0.717) is 39.2 Å². The van der Waals surface area contributed by atoms with Crippen molar-refractivity contribution in [2.75, 3.05) is 19.0 Å². The molecule has 224 valence electrons. The number of benzene rings is 4. The number of imidazole rings is 1. The van der Waals surface area contributed by atoms with Gasteiger partial charge in [0, 0.05) is 29.0 Å². The maximum Gasteiger partial charge on any atom is 0.416 e. The summed E-state index contributed by atoms with van der Waals surface area (Å²) in [7, 11) is 1.34. The largest absolute Gasteiger partial charge is 0.468 e. The Morgan fingerprint density at radius 1 is 0.932 bits per heavy atom. The number of ether oxygens (including phenoxy) is 1. The molecule has 0 aliphatic rings. The summed E-state index contributed by atoms with van der Waals surface area (Å²) >= 11 is 12.6. The van der Waals surface area contributed by atoms with Crippen LogP contribution in [0.2, 0.25) is 10.0 Å². The number of nitrogens with zero attached hydrogens (tertiary/aromatic N) is 2. The summed E-state index contributed by atoms with van der Waals surface area (Å²) < 4.78 is 46.2. The minimum absolute atomic E-state index is 0.0679. The van der Waals surface area contributed by atoms with Crippen LogP contribution in [0.1, 0.15) is 22.5 Å². The molecule has 0 spiro atoms. The number of carbonyl (C=O) groups excluding carboxylic acids is 1. The summed E-state index contributed by atoms with van der Waals surface area (Å²) in [5.74, 6) is 0.309. The lowest BCUT2D eigenvalue weighted by Gasteiger charge is -2.09. The third-order valence-electron chi connectivity index (χ3n) is 6.84. The number of nitrogens with one attached hydrogen (secondary N) is 1. The van der Waals surface area contributed by atoms with E-state index in [4.69, 9.17) is 28.2 Å². The highest BCUT2D eigenvalue weighted by Gasteiger charge is 2.30. The third kappa shape index (κ3) is 7.70. The van der Waals surface area contributed by atoms with Gasteiger partial charge in [-0.3, -0.25) is 4.79 Å². The first kappa shape index (κ1) is 30.9. The van der Waals surface area contributed by atoms with Crippen molar-refractivity contribution in [1.82, 2.24) is 9.55 Å². The Morgan fingerprint density at radius 3 is 2.36 bits per heavy atom. The van der Waals surface area contributed by atoms with E-state index in [1.807, 2.05) is 65.4 Å². The quantitative estimate of drug-likeness (QED) is 0.164. The first-order valence-electron chi connectivity index (χ1n) is 13.5. The second-order valence-corrected chi connectivity index (χ2v) is 10.7. The molecule has 0 aliphatic carbocycles. The summed E-state index contributed by atoms with van der Waals surface area (Å²) in [6, 6.07) is 25.4. The maximum atomic E-state index is 13.2. The molecule has 5 aromatic rings. The zero-order valence-corrected chi connectivity index (χ0v) is 24.9. The van der Waals surface area contributed by atoms with Crippen molar-refractivity contribution in [3.05, 3.63) is 130 Å². The molecule has 1 heterocycles. The first-order chi connectivity index (χ1) is 21.1. The van der Waals surface area contributed by atoms with Gasteiger partial charge < -0.3 is 14.6 Å². The van der Waals surface area contributed by atoms with Crippen LogP contribution in [0.15, 0.2) is 97.2 Å². The number of rotatable bonds is 9. The number of esters is 1. The molecule has 0 bridgehead atoms. The molecule has 0 amide bonds. The first-order valence-corrected chi connectivity index (χ1v) is 14.2. The van der Waals surface area contributed by atoms with E-state index in [0.717, 1.165) is 34.5 Å². The molecule has 0 saturated heterocycles. The lowest BCUT2D eigenvalue weighted by Crippen LogP contribution is -2.14. The minimum Gasteiger partial charge on any atom is -0.468 e. The van der Waals surface area contributed by atoms with E-state index < -0.39 is 11.7 Å². The number of aromatic nitrogens is 2. The molecule has 5 rings (SSSR count). The monoisotopic (exact) mass is 635 g/mol. The third-order valence-corrected chi connectivity index (χ3v) is 7.39. The van der Waals surface area contributed by atoms with Gasteiger partial charge in [0.2, 0.25) is 0 Å². The molecule has 1 N–H and O–H groups in total. The lowest BCUT2D eigenvalue weighted by atomic mass is 10.0. The second-order valence-electron chi connectivity index (χ2n) is 9.90. The van der Waals surface area contributed by atoms with Crippen LogP contribution < -0.4 is 5.32 Å². The number of hydrogen-bond donors (Lipinski definition) is 1. The van der Waals surface area contributed by atoms with Gasteiger partial charge in [-0.1, -0.05) is 77.8 Å². The number of halogens is 5. The van der Waals surface area contributed by atoms with E-state index in [1.165, 1.54) is 13.2 Å².